The smallest absolute Gasteiger partial charge is 0.126 e. The first-order valence-corrected chi connectivity index (χ1v) is 4.49. The summed E-state index contributed by atoms with van der Waals surface area (Å²) >= 11 is 5.76. The van der Waals surface area contributed by atoms with Crippen LogP contribution in [0.5, 0.6) is 0 Å². The predicted octanol–water partition coefficient (Wildman–Crippen LogP) is 3.01. The number of hydrogen-bond donors (Lipinski definition) is 1. The van der Waals surface area contributed by atoms with Gasteiger partial charge in [-0.25, -0.2) is 8.78 Å². The van der Waals surface area contributed by atoms with Crippen LogP contribution in [0, 0.1) is 11.6 Å². The lowest BCUT2D eigenvalue weighted by atomic mass is 10.1. The van der Waals surface area contributed by atoms with E-state index in [4.69, 9.17) is 17.3 Å². The van der Waals surface area contributed by atoms with Crippen molar-refractivity contribution in [2.75, 3.05) is 6.54 Å². The third-order valence-electron chi connectivity index (χ3n) is 1.63. The molecule has 0 fully saturated rings. The number of halogens is 4. The van der Waals surface area contributed by atoms with Crippen LogP contribution in [0.4, 0.5) is 8.78 Å². The fourth-order valence-corrected chi connectivity index (χ4v) is 1.35. The Morgan fingerprint density at radius 3 is 2.27 bits per heavy atom. The van der Waals surface area contributed by atoms with Gasteiger partial charge in [0.25, 0.3) is 0 Å². The van der Waals surface area contributed by atoms with Gasteiger partial charge in [-0.1, -0.05) is 17.7 Å². The van der Waals surface area contributed by atoms with E-state index in [9.17, 15) is 8.78 Å². The molecule has 0 heterocycles. The van der Waals surface area contributed by atoms with Crippen LogP contribution < -0.4 is 5.73 Å². The number of rotatable bonds is 3. The van der Waals surface area contributed by atoms with Crippen LogP contribution in [0.3, 0.4) is 0 Å². The zero-order valence-corrected chi connectivity index (χ0v) is 9.42. The van der Waals surface area contributed by atoms with Gasteiger partial charge in [-0.2, -0.15) is 0 Å². The van der Waals surface area contributed by atoms with E-state index in [0.717, 1.165) is 6.07 Å². The Bertz CT molecular complexity index is 333. The first-order valence-electron chi connectivity index (χ1n) is 4.11. The summed E-state index contributed by atoms with van der Waals surface area (Å²) in [5, 5.41) is 0.484. The van der Waals surface area contributed by atoms with Gasteiger partial charge in [0.05, 0.1) is 0 Å². The average molecular weight is 254 g/mol. The summed E-state index contributed by atoms with van der Waals surface area (Å²) in [7, 11) is 0. The Labute approximate surface area is 98.3 Å². The highest BCUT2D eigenvalue weighted by Crippen LogP contribution is 2.14. The van der Waals surface area contributed by atoms with Crippen molar-refractivity contribution < 1.29 is 8.78 Å². The Morgan fingerprint density at radius 2 is 1.80 bits per heavy atom. The van der Waals surface area contributed by atoms with Crippen LogP contribution in [0.2, 0.25) is 0 Å². The SMILES string of the molecule is Cl.NC/C=C(\Cl)Cc1cc(F)cc(F)c1. The molecule has 5 heteroatoms. The zero-order chi connectivity index (χ0) is 10.6. The summed E-state index contributed by atoms with van der Waals surface area (Å²) in [6, 6.07) is 3.32. The summed E-state index contributed by atoms with van der Waals surface area (Å²) in [6.07, 6.45) is 1.90. The van der Waals surface area contributed by atoms with E-state index in [0.29, 0.717) is 23.6 Å². The van der Waals surface area contributed by atoms with Gasteiger partial charge in [0, 0.05) is 24.1 Å². The number of nitrogens with two attached hydrogens (primary N) is 1. The molecule has 0 aliphatic heterocycles. The normalized spacial score (nSPS) is 11.1. The van der Waals surface area contributed by atoms with Crippen LogP contribution >= 0.6 is 24.0 Å². The van der Waals surface area contributed by atoms with Gasteiger partial charge in [-0.3, -0.25) is 0 Å². The lowest BCUT2D eigenvalue weighted by Gasteiger charge is -2.00. The van der Waals surface area contributed by atoms with Crippen molar-refractivity contribution in [2.24, 2.45) is 5.73 Å². The molecule has 0 radical (unpaired) electrons. The Balaban J connectivity index is 0.00000196. The Hall–Kier alpha value is -0.640. The topological polar surface area (TPSA) is 26.0 Å². The summed E-state index contributed by atoms with van der Waals surface area (Å²) in [5.74, 6) is -1.20. The van der Waals surface area contributed by atoms with Crippen LogP contribution in [-0.2, 0) is 6.42 Å². The molecule has 0 unspecified atom stereocenters. The first kappa shape index (κ1) is 14.4. The predicted molar refractivity (Wildman–Crippen MR) is 60.3 cm³/mol. The molecule has 1 aromatic carbocycles. The standard InChI is InChI=1S/C10H10ClF2N.ClH/c11-8(1-2-14)3-7-4-9(12)6-10(13)5-7;/h1,4-6H,2-3,14H2;1H/b8-1-;. The molecule has 1 aromatic rings. The average Bonchev–Trinajstić information content (AvgIpc) is 2.01. The summed E-state index contributed by atoms with van der Waals surface area (Å²) < 4.78 is 25.5. The van der Waals surface area contributed by atoms with E-state index in [2.05, 4.69) is 0 Å². The van der Waals surface area contributed by atoms with E-state index in [1.165, 1.54) is 12.1 Å². The minimum Gasteiger partial charge on any atom is -0.327 e. The molecule has 0 amide bonds. The molecule has 15 heavy (non-hydrogen) atoms. The van der Waals surface area contributed by atoms with Gasteiger partial charge in [-0.05, 0) is 17.7 Å². The maximum absolute atomic E-state index is 12.7. The molecule has 0 saturated carbocycles. The maximum atomic E-state index is 12.7. The van der Waals surface area contributed by atoms with E-state index < -0.39 is 11.6 Å². The van der Waals surface area contributed by atoms with Crippen molar-refractivity contribution in [1.82, 2.24) is 0 Å². The second-order valence-electron chi connectivity index (χ2n) is 2.84. The van der Waals surface area contributed by atoms with Gasteiger partial charge in [0.1, 0.15) is 11.6 Å². The highest BCUT2D eigenvalue weighted by molar-refractivity contribution is 6.29. The van der Waals surface area contributed by atoms with E-state index in [-0.39, 0.29) is 12.4 Å². The number of benzene rings is 1. The van der Waals surface area contributed by atoms with Gasteiger partial charge < -0.3 is 5.73 Å². The molecule has 0 aliphatic rings. The molecule has 1 nitrogen and oxygen atoms in total. The summed E-state index contributed by atoms with van der Waals surface area (Å²) in [6.45, 7) is 0.316. The highest BCUT2D eigenvalue weighted by Gasteiger charge is 2.01. The molecule has 0 bridgehead atoms. The second-order valence-corrected chi connectivity index (χ2v) is 3.33. The second kappa shape index (κ2) is 6.77. The molecule has 0 spiro atoms. The van der Waals surface area contributed by atoms with Crippen LogP contribution in [-0.4, -0.2) is 6.54 Å². The van der Waals surface area contributed by atoms with Crippen LogP contribution in [0.1, 0.15) is 5.56 Å². The third kappa shape index (κ3) is 5.11. The molecule has 0 saturated heterocycles. The van der Waals surface area contributed by atoms with Crippen molar-refractivity contribution in [1.29, 1.82) is 0 Å². The molecule has 1 rings (SSSR count). The molecule has 0 aliphatic carbocycles. The minimum absolute atomic E-state index is 0. The Kier molecular flexibility index (Phi) is 6.48. The van der Waals surface area contributed by atoms with Gasteiger partial charge in [-0.15, -0.1) is 12.4 Å². The maximum Gasteiger partial charge on any atom is 0.126 e. The molecular weight excluding hydrogens is 243 g/mol. The van der Waals surface area contributed by atoms with Gasteiger partial charge in [0.15, 0.2) is 0 Å². The van der Waals surface area contributed by atoms with Crippen molar-refractivity contribution in [3.63, 3.8) is 0 Å². The van der Waals surface area contributed by atoms with Crippen molar-refractivity contribution in [3.8, 4) is 0 Å². The van der Waals surface area contributed by atoms with Crippen LogP contribution in [0.25, 0.3) is 0 Å². The lowest BCUT2D eigenvalue weighted by molar-refractivity contribution is 0.580. The third-order valence-corrected chi connectivity index (χ3v) is 1.92. The van der Waals surface area contributed by atoms with Crippen molar-refractivity contribution in [3.05, 3.63) is 46.5 Å². The number of allylic oxidation sites excluding steroid dienone is 1. The largest absolute Gasteiger partial charge is 0.327 e. The van der Waals surface area contributed by atoms with E-state index in [1.807, 2.05) is 0 Å². The number of hydrogen-bond acceptors (Lipinski definition) is 1. The fourth-order valence-electron chi connectivity index (χ4n) is 1.11. The summed E-state index contributed by atoms with van der Waals surface area (Å²) in [5.41, 5.74) is 5.73. The lowest BCUT2D eigenvalue weighted by Crippen LogP contribution is -1.96. The van der Waals surface area contributed by atoms with Crippen molar-refractivity contribution >= 4 is 24.0 Å². The molecule has 0 aromatic heterocycles. The Morgan fingerprint density at radius 1 is 1.27 bits per heavy atom. The van der Waals surface area contributed by atoms with Gasteiger partial charge in [0.2, 0.25) is 0 Å². The highest BCUT2D eigenvalue weighted by atomic mass is 35.5. The van der Waals surface area contributed by atoms with Gasteiger partial charge >= 0.3 is 0 Å². The van der Waals surface area contributed by atoms with Crippen molar-refractivity contribution in [2.45, 2.75) is 6.42 Å². The van der Waals surface area contributed by atoms with E-state index in [1.54, 1.807) is 6.08 Å². The molecule has 84 valence electrons. The molecule has 2 N–H and O–H groups in total. The first-order chi connectivity index (χ1) is 6.61. The van der Waals surface area contributed by atoms with E-state index >= 15 is 0 Å². The van der Waals surface area contributed by atoms with Crippen LogP contribution in [0.15, 0.2) is 29.3 Å². The molecular formula is C10H11Cl2F2N. The molecule has 0 atom stereocenters. The minimum atomic E-state index is -0.600. The summed E-state index contributed by atoms with van der Waals surface area (Å²) in [4.78, 5) is 0. The zero-order valence-electron chi connectivity index (χ0n) is 7.84. The fraction of sp³-hybridized carbons (Fsp3) is 0.200. The quantitative estimate of drug-likeness (QED) is 0.881. The monoisotopic (exact) mass is 253 g/mol.